The molecular weight excluding hydrogens is 180 g/mol. The number of rotatable bonds is 9. The first-order chi connectivity index (χ1) is 6.81. The summed E-state index contributed by atoms with van der Waals surface area (Å²) < 4.78 is 9.95. The summed E-state index contributed by atoms with van der Waals surface area (Å²) in [6, 6.07) is 0. The predicted molar refractivity (Wildman–Crippen MR) is 56.2 cm³/mol. The van der Waals surface area contributed by atoms with E-state index in [0.717, 1.165) is 38.7 Å². The Hall–Kier alpha value is -0.570. The molecule has 0 bridgehead atoms. The van der Waals surface area contributed by atoms with Gasteiger partial charge in [0.25, 0.3) is 0 Å². The first kappa shape index (κ1) is 13.4. The molecule has 0 spiro atoms. The van der Waals surface area contributed by atoms with Crippen molar-refractivity contribution in [3.8, 4) is 0 Å². The average molecular weight is 202 g/mol. The minimum Gasteiger partial charge on any atom is -0.466 e. The zero-order valence-electron chi connectivity index (χ0n) is 9.38. The molecule has 0 heterocycles. The van der Waals surface area contributed by atoms with E-state index in [9.17, 15) is 4.79 Å². The second-order valence-electron chi connectivity index (χ2n) is 3.38. The van der Waals surface area contributed by atoms with Gasteiger partial charge in [-0.25, -0.2) is 0 Å². The number of ether oxygens (including phenoxy) is 2. The van der Waals surface area contributed by atoms with Crippen LogP contribution in [-0.4, -0.2) is 26.3 Å². The smallest absolute Gasteiger partial charge is 0.305 e. The Balaban J connectivity index is 3.01. The number of hydrogen-bond acceptors (Lipinski definition) is 3. The van der Waals surface area contributed by atoms with Crippen molar-refractivity contribution in [3.05, 3.63) is 0 Å². The van der Waals surface area contributed by atoms with Crippen LogP contribution in [0.3, 0.4) is 0 Å². The highest BCUT2D eigenvalue weighted by Crippen LogP contribution is 2.01. The minimum absolute atomic E-state index is 0.0654. The SMILES string of the molecule is CCCC(=O)OCCCCCCOC. The first-order valence-corrected chi connectivity index (χ1v) is 5.45. The summed E-state index contributed by atoms with van der Waals surface area (Å²) in [5.41, 5.74) is 0. The molecule has 0 aromatic rings. The summed E-state index contributed by atoms with van der Waals surface area (Å²) in [6.07, 6.45) is 5.75. The van der Waals surface area contributed by atoms with E-state index < -0.39 is 0 Å². The summed E-state index contributed by atoms with van der Waals surface area (Å²) in [5, 5.41) is 0. The standard InChI is InChI=1S/C11H22O3/c1-3-8-11(12)14-10-7-5-4-6-9-13-2/h3-10H2,1-2H3. The lowest BCUT2D eigenvalue weighted by atomic mass is 10.2. The van der Waals surface area contributed by atoms with E-state index in [-0.39, 0.29) is 5.97 Å². The maximum absolute atomic E-state index is 10.9. The van der Waals surface area contributed by atoms with Crippen LogP contribution in [0.25, 0.3) is 0 Å². The van der Waals surface area contributed by atoms with Crippen LogP contribution >= 0.6 is 0 Å². The van der Waals surface area contributed by atoms with E-state index in [1.807, 2.05) is 6.92 Å². The van der Waals surface area contributed by atoms with Crippen molar-refractivity contribution < 1.29 is 14.3 Å². The van der Waals surface area contributed by atoms with Gasteiger partial charge in [0.15, 0.2) is 0 Å². The molecular formula is C11H22O3. The second kappa shape index (κ2) is 10.5. The molecule has 0 saturated carbocycles. The van der Waals surface area contributed by atoms with Gasteiger partial charge in [-0.3, -0.25) is 4.79 Å². The van der Waals surface area contributed by atoms with Gasteiger partial charge < -0.3 is 9.47 Å². The average Bonchev–Trinajstić information content (AvgIpc) is 2.17. The topological polar surface area (TPSA) is 35.5 Å². The van der Waals surface area contributed by atoms with Gasteiger partial charge >= 0.3 is 5.97 Å². The van der Waals surface area contributed by atoms with Crippen LogP contribution in [0.1, 0.15) is 45.4 Å². The van der Waals surface area contributed by atoms with E-state index in [1.54, 1.807) is 7.11 Å². The van der Waals surface area contributed by atoms with Crippen molar-refractivity contribution >= 4 is 5.97 Å². The van der Waals surface area contributed by atoms with Crippen molar-refractivity contribution in [2.45, 2.75) is 45.4 Å². The van der Waals surface area contributed by atoms with Gasteiger partial charge in [0.1, 0.15) is 0 Å². The van der Waals surface area contributed by atoms with E-state index >= 15 is 0 Å². The molecule has 0 N–H and O–H groups in total. The van der Waals surface area contributed by atoms with Crippen LogP contribution < -0.4 is 0 Å². The molecule has 0 rings (SSSR count). The van der Waals surface area contributed by atoms with Crippen molar-refractivity contribution in [1.29, 1.82) is 0 Å². The van der Waals surface area contributed by atoms with Crippen LogP contribution in [0.15, 0.2) is 0 Å². The molecule has 14 heavy (non-hydrogen) atoms. The molecule has 0 atom stereocenters. The van der Waals surface area contributed by atoms with Gasteiger partial charge in [-0.05, 0) is 25.7 Å². The fourth-order valence-electron chi connectivity index (χ4n) is 1.16. The largest absolute Gasteiger partial charge is 0.466 e. The molecule has 0 aromatic heterocycles. The molecule has 0 saturated heterocycles. The van der Waals surface area contributed by atoms with E-state index in [4.69, 9.17) is 9.47 Å². The molecule has 0 aliphatic carbocycles. The quantitative estimate of drug-likeness (QED) is 0.426. The lowest BCUT2D eigenvalue weighted by Crippen LogP contribution is -2.04. The van der Waals surface area contributed by atoms with Gasteiger partial charge in [0, 0.05) is 20.1 Å². The normalized spacial score (nSPS) is 10.1. The second-order valence-corrected chi connectivity index (χ2v) is 3.38. The molecule has 0 unspecified atom stereocenters. The van der Waals surface area contributed by atoms with E-state index in [2.05, 4.69) is 0 Å². The third kappa shape index (κ3) is 9.52. The molecule has 0 radical (unpaired) electrons. The summed E-state index contributed by atoms with van der Waals surface area (Å²) in [4.78, 5) is 10.9. The van der Waals surface area contributed by atoms with Gasteiger partial charge in [-0.1, -0.05) is 13.3 Å². The summed E-state index contributed by atoms with van der Waals surface area (Å²) >= 11 is 0. The van der Waals surface area contributed by atoms with Gasteiger partial charge in [-0.15, -0.1) is 0 Å². The Morgan fingerprint density at radius 1 is 1.07 bits per heavy atom. The van der Waals surface area contributed by atoms with Crippen LogP contribution in [0, 0.1) is 0 Å². The Labute approximate surface area is 86.8 Å². The third-order valence-electron chi connectivity index (χ3n) is 1.96. The number of methoxy groups -OCH3 is 1. The van der Waals surface area contributed by atoms with Crippen LogP contribution in [0.4, 0.5) is 0 Å². The molecule has 0 aliphatic rings. The molecule has 3 heteroatoms. The van der Waals surface area contributed by atoms with Crippen LogP contribution in [0.2, 0.25) is 0 Å². The zero-order chi connectivity index (χ0) is 10.6. The molecule has 0 aliphatic heterocycles. The minimum atomic E-state index is -0.0654. The van der Waals surface area contributed by atoms with Crippen LogP contribution in [-0.2, 0) is 14.3 Å². The summed E-state index contributed by atoms with van der Waals surface area (Å²) in [7, 11) is 1.71. The summed E-state index contributed by atoms with van der Waals surface area (Å²) in [6.45, 7) is 3.38. The molecule has 0 fully saturated rings. The van der Waals surface area contributed by atoms with Crippen molar-refractivity contribution in [2.75, 3.05) is 20.3 Å². The molecule has 84 valence electrons. The molecule has 0 aromatic carbocycles. The lowest BCUT2D eigenvalue weighted by molar-refractivity contribution is -0.143. The maximum Gasteiger partial charge on any atom is 0.305 e. The van der Waals surface area contributed by atoms with Gasteiger partial charge in [-0.2, -0.15) is 0 Å². The van der Waals surface area contributed by atoms with Crippen LogP contribution in [0.5, 0.6) is 0 Å². The maximum atomic E-state index is 10.9. The highest BCUT2D eigenvalue weighted by Gasteiger charge is 1.99. The summed E-state index contributed by atoms with van der Waals surface area (Å²) in [5.74, 6) is -0.0654. The number of hydrogen-bond donors (Lipinski definition) is 0. The third-order valence-corrected chi connectivity index (χ3v) is 1.96. The van der Waals surface area contributed by atoms with E-state index in [0.29, 0.717) is 13.0 Å². The number of esters is 1. The van der Waals surface area contributed by atoms with Crippen molar-refractivity contribution in [2.24, 2.45) is 0 Å². The monoisotopic (exact) mass is 202 g/mol. The van der Waals surface area contributed by atoms with Gasteiger partial charge in [0.2, 0.25) is 0 Å². The fourth-order valence-corrected chi connectivity index (χ4v) is 1.16. The zero-order valence-corrected chi connectivity index (χ0v) is 9.38. The van der Waals surface area contributed by atoms with Crippen molar-refractivity contribution in [3.63, 3.8) is 0 Å². The predicted octanol–water partition coefficient (Wildman–Crippen LogP) is 2.54. The van der Waals surface area contributed by atoms with Gasteiger partial charge in [0.05, 0.1) is 6.61 Å². The molecule has 3 nitrogen and oxygen atoms in total. The fraction of sp³-hybridized carbons (Fsp3) is 0.909. The Bertz CT molecular complexity index is 134. The highest BCUT2D eigenvalue weighted by atomic mass is 16.5. The van der Waals surface area contributed by atoms with E-state index in [1.165, 1.54) is 0 Å². The Morgan fingerprint density at radius 2 is 1.71 bits per heavy atom. The Morgan fingerprint density at radius 3 is 2.29 bits per heavy atom. The number of unbranched alkanes of at least 4 members (excludes halogenated alkanes) is 3. The highest BCUT2D eigenvalue weighted by molar-refractivity contribution is 5.69. The first-order valence-electron chi connectivity index (χ1n) is 5.45. The van der Waals surface area contributed by atoms with Crippen molar-refractivity contribution in [1.82, 2.24) is 0 Å². The Kier molecular flexibility index (Phi) is 10.1. The lowest BCUT2D eigenvalue weighted by Gasteiger charge is -2.03. The number of carbonyl (C=O) groups is 1. The number of carbonyl (C=O) groups excluding carboxylic acids is 1. The molecule has 0 amide bonds.